The molecule has 0 spiro atoms. The largest absolute Gasteiger partial charge is 0.377 e. The van der Waals surface area contributed by atoms with E-state index in [1.807, 2.05) is 59.3 Å². The second kappa shape index (κ2) is 10.2. The number of ether oxygens (including phenoxy) is 1. The van der Waals surface area contributed by atoms with E-state index in [-0.39, 0.29) is 11.9 Å². The average molecular weight is 494 g/mol. The fraction of sp³-hybridized carbons (Fsp3) is 0.179. The van der Waals surface area contributed by atoms with E-state index < -0.39 is 0 Å². The first-order valence-electron chi connectivity index (χ1n) is 12.1. The molecule has 0 bridgehead atoms. The van der Waals surface area contributed by atoms with E-state index >= 15 is 0 Å². The standard InChI is InChI=1S/C28H24FN7O/c29-20-9-10-22-24(16-20)36(25-8-4-5-13-30-25)28(35-22)23(12-15-37-17-19-6-2-1-3-7-19)34-27-21-11-14-31-26(21)32-18-33-27/h1-10,13-14,16,18,23H,11-12,15,17H2,(H,32,33,34)/t23-/m0/s1. The van der Waals surface area contributed by atoms with Crippen molar-refractivity contribution in [3.63, 3.8) is 0 Å². The van der Waals surface area contributed by atoms with E-state index in [0.717, 1.165) is 11.1 Å². The SMILES string of the molecule is Fc1ccc2nc([C@H](CCOCc3ccccc3)Nc3ncnc4c3CC=N4)n(-c3ccccn3)c2c1. The van der Waals surface area contributed by atoms with Crippen molar-refractivity contribution in [2.75, 3.05) is 11.9 Å². The summed E-state index contributed by atoms with van der Waals surface area (Å²) in [6.07, 6.45) is 6.28. The minimum atomic E-state index is -0.336. The fourth-order valence-corrected chi connectivity index (χ4v) is 4.47. The highest BCUT2D eigenvalue weighted by molar-refractivity contribution is 5.79. The van der Waals surface area contributed by atoms with Gasteiger partial charge in [-0.15, -0.1) is 0 Å². The molecule has 0 radical (unpaired) electrons. The maximum atomic E-state index is 14.3. The van der Waals surface area contributed by atoms with Crippen molar-refractivity contribution in [1.29, 1.82) is 0 Å². The van der Waals surface area contributed by atoms with E-state index in [1.54, 1.807) is 12.3 Å². The minimum Gasteiger partial charge on any atom is -0.377 e. The molecule has 184 valence electrons. The molecule has 4 heterocycles. The molecule has 1 aliphatic heterocycles. The number of nitrogens with zero attached hydrogens (tertiary/aromatic N) is 6. The maximum absolute atomic E-state index is 14.3. The molecule has 0 aliphatic carbocycles. The predicted octanol–water partition coefficient (Wildman–Crippen LogP) is 5.37. The summed E-state index contributed by atoms with van der Waals surface area (Å²) in [5.74, 6) is 2.36. The number of halogens is 1. The number of fused-ring (bicyclic) bond motifs is 2. The van der Waals surface area contributed by atoms with Gasteiger partial charge in [-0.05, 0) is 36.2 Å². The van der Waals surface area contributed by atoms with Crippen LogP contribution in [0.25, 0.3) is 16.9 Å². The van der Waals surface area contributed by atoms with Gasteiger partial charge in [0, 0.05) is 37.1 Å². The van der Waals surface area contributed by atoms with E-state index in [1.165, 1.54) is 18.5 Å². The minimum absolute atomic E-state index is 0.312. The second-order valence-electron chi connectivity index (χ2n) is 8.69. The van der Waals surface area contributed by atoms with E-state index in [2.05, 4.69) is 25.3 Å². The van der Waals surface area contributed by atoms with Gasteiger partial charge in [0.05, 0.1) is 23.7 Å². The summed E-state index contributed by atoms with van der Waals surface area (Å²) in [5, 5.41) is 3.56. The monoisotopic (exact) mass is 493 g/mol. The van der Waals surface area contributed by atoms with Gasteiger partial charge in [-0.3, -0.25) is 4.57 Å². The number of aliphatic imine (C=N–C) groups is 1. The van der Waals surface area contributed by atoms with E-state index in [4.69, 9.17) is 9.72 Å². The second-order valence-corrected chi connectivity index (χ2v) is 8.69. The number of imidazole rings is 1. The highest BCUT2D eigenvalue weighted by Crippen LogP contribution is 2.32. The Morgan fingerprint density at radius 2 is 1.89 bits per heavy atom. The molecule has 6 rings (SSSR count). The van der Waals surface area contributed by atoms with Gasteiger partial charge in [-0.25, -0.2) is 29.3 Å². The zero-order valence-corrected chi connectivity index (χ0v) is 20.0. The zero-order valence-electron chi connectivity index (χ0n) is 20.0. The molecule has 2 aromatic carbocycles. The van der Waals surface area contributed by atoms with Crippen LogP contribution in [0, 0.1) is 5.82 Å². The molecule has 5 aromatic rings. The molecule has 0 saturated heterocycles. The first kappa shape index (κ1) is 22.9. The molecule has 0 fully saturated rings. The van der Waals surface area contributed by atoms with Crippen LogP contribution in [0.15, 0.2) is 84.2 Å². The van der Waals surface area contributed by atoms with Gasteiger partial charge < -0.3 is 10.1 Å². The van der Waals surface area contributed by atoms with Crippen LogP contribution in [-0.4, -0.2) is 37.3 Å². The molecule has 1 aliphatic rings. The molecule has 0 saturated carbocycles. The van der Waals surface area contributed by atoms with Crippen molar-refractivity contribution in [2.24, 2.45) is 4.99 Å². The van der Waals surface area contributed by atoms with Crippen LogP contribution in [-0.2, 0) is 17.8 Å². The number of rotatable bonds is 9. The van der Waals surface area contributed by atoms with Gasteiger partial charge in [-0.2, -0.15) is 0 Å². The fourth-order valence-electron chi connectivity index (χ4n) is 4.47. The average Bonchev–Trinajstić information content (AvgIpc) is 3.57. The summed E-state index contributed by atoms with van der Waals surface area (Å²) >= 11 is 0. The highest BCUT2D eigenvalue weighted by atomic mass is 19.1. The Bertz CT molecular complexity index is 1550. The normalized spacial score (nSPS) is 13.1. The molecule has 0 amide bonds. The van der Waals surface area contributed by atoms with Crippen LogP contribution in [0.5, 0.6) is 0 Å². The predicted molar refractivity (Wildman–Crippen MR) is 140 cm³/mol. The van der Waals surface area contributed by atoms with Crippen LogP contribution in [0.3, 0.4) is 0 Å². The molecule has 3 aromatic heterocycles. The lowest BCUT2D eigenvalue weighted by molar-refractivity contribution is 0.114. The van der Waals surface area contributed by atoms with Crippen molar-refractivity contribution in [1.82, 2.24) is 24.5 Å². The molecule has 1 atom stereocenters. The smallest absolute Gasteiger partial charge is 0.160 e. The van der Waals surface area contributed by atoms with Crippen LogP contribution < -0.4 is 5.32 Å². The summed E-state index contributed by atoms with van der Waals surface area (Å²) in [6, 6.07) is 20.0. The third kappa shape index (κ3) is 4.81. The maximum Gasteiger partial charge on any atom is 0.160 e. The zero-order chi connectivity index (χ0) is 25.0. The summed E-state index contributed by atoms with van der Waals surface area (Å²) in [7, 11) is 0. The number of pyridine rings is 1. The molecular formula is C28H24FN7O. The first-order valence-corrected chi connectivity index (χ1v) is 12.1. The Hall–Kier alpha value is -4.50. The Labute approximate surface area is 212 Å². The van der Waals surface area contributed by atoms with Gasteiger partial charge >= 0.3 is 0 Å². The number of benzene rings is 2. The Balaban J connectivity index is 1.37. The number of nitrogens with one attached hydrogen (secondary N) is 1. The topological polar surface area (TPSA) is 90.1 Å². The van der Waals surface area contributed by atoms with Crippen molar-refractivity contribution in [3.8, 4) is 5.82 Å². The van der Waals surface area contributed by atoms with Gasteiger partial charge in [-0.1, -0.05) is 36.4 Å². The highest BCUT2D eigenvalue weighted by Gasteiger charge is 2.25. The van der Waals surface area contributed by atoms with Gasteiger partial charge in [0.1, 0.15) is 29.6 Å². The van der Waals surface area contributed by atoms with Crippen LogP contribution in [0.4, 0.5) is 16.0 Å². The lowest BCUT2D eigenvalue weighted by Gasteiger charge is -2.21. The van der Waals surface area contributed by atoms with Crippen LogP contribution >= 0.6 is 0 Å². The van der Waals surface area contributed by atoms with Crippen molar-refractivity contribution in [3.05, 3.63) is 102 Å². The van der Waals surface area contributed by atoms with Crippen molar-refractivity contribution < 1.29 is 9.13 Å². The molecule has 1 N–H and O–H groups in total. The third-order valence-electron chi connectivity index (χ3n) is 6.24. The quantitative estimate of drug-likeness (QED) is 0.278. The Morgan fingerprint density at radius 1 is 1.00 bits per heavy atom. The third-order valence-corrected chi connectivity index (χ3v) is 6.24. The Kier molecular flexibility index (Phi) is 6.35. The van der Waals surface area contributed by atoms with Gasteiger partial charge in [0.15, 0.2) is 5.82 Å². The molecule has 0 unspecified atom stereocenters. The van der Waals surface area contributed by atoms with E-state index in [9.17, 15) is 4.39 Å². The lowest BCUT2D eigenvalue weighted by atomic mass is 10.1. The molecular weight excluding hydrogens is 469 g/mol. The van der Waals surface area contributed by atoms with Gasteiger partial charge in [0.25, 0.3) is 0 Å². The van der Waals surface area contributed by atoms with Crippen molar-refractivity contribution in [2.45, 2.75) is 25.5 Å². The first-order chi connectivity index (χ1) is 18.3. The van der Waals surface area contributed by atoms with Gasteiger partial charge in [0.2, 0.25) is 0 Å². The summed E-state index contributed by atoms with van der Waals surface area (Å²) < 4.78 is 22.2. The van der Waals surface area contributed by atoms with Crippen LogP contribution in [0.1, 0.15) is 29.4 Å². The number of hydrogen-bond donors (Lipinski definition) is 1. The van der Waals surface area contributed by atoms with E-state index in [0.29, 0.717) is 60.4 Å². The molecule has 8 nitrogen and oxygen atoms in total. The Morgan fingerprint density at radius 3 is 2.76 bits per heavy atom. The summed E-state index contributed by atoms with van der Waals surface area (Å²) in [4.78, 5) is 22.6. The summed E-state index contributed by atoms with van der Waals surface area (Å²) in [5.41, 5.74) is 3.36. The molecule has 37 heavy (non-hydrogen) atoms. The van der Waals surface area contributed by atoms with Crippen molar-refractivity contribution >= 4 is 28.9 Å². The number of hydrogen-bond acceptors (Lipinski definition) is 7. The van der Waals surface area contributed by atoms with Crippen LogP contribution in [0.2, 0.25) is 0 Å². The summed E-state index contributed by atoms with van der Waals surface area (Å²) in [6.45, 7) is 0.974. The lowest BCUT2D eigenvalue weighted by Crippen LogP contribution is -2.20. The molecule has 9 heteroatoms. The number of anilines is 1. The number of aromatic nitrogens is 5.